The molecule has 0 bridgehead atoms. The number of hydrogen-bond donors (Lipinski definition) is 1. The molecule has 0 spiro atoms. The van der Waals surface area contributed by atoms with Gasteiger partial charge in [0.1, 0.15) is 0 Å². The molecule has 0 unspecified atom stereocenters. The Labute approximate surface area is 111 Å². The molecule has 0 atom stereocenters. The lowest BCUT2D eigenvalue weighted by Crippen LogP contribution is -2.42. The molecule has 2 rings (SSSR count). The Bertz CT molecular complexity index is 346. The molecule has 1 fully saturated rings. The van der Waals surface area contributed by atoms with E-state index in [0.29, 0.717) is 5.11 Å². The van der Waals surface area contributed by atoms with Crippen LogP contribution in [0, 0.1) is 0 Å². The highest BCUT2D eigenvalue weighted by molar-refractivity contribution is 7.80. The first kappa shape index (κ1) is 12.7. The Morgan fingerprint density at radius 2 is 2.24 bits per heavy atom. The van der Waals surface area contributed by atoms with E-state index in [1.807, 2.05) is 10.3 Å². The van der Waals surface area contributed by atoms with Crippen molar-refractivity contribution in [2.75, 3.05) is 31.1 Å². The van der Waals surface area contributed by atoms with E-state index >= 15 is 0 Å². The molecule has 1 saturated heterocycles. The van der Waals surface area contributed by atoms with Crippen LogP contribution in [-0.2, 0) is 0 Å². The van der Waals surface area contributed by atoms with Gasteiger partial charge in [-0.3, -0.25) is 4.90 Å². The lowest BCUT2D eigenvalue weighted by Gasteiger charge is -2.29. The van der Waals surface area contributed by atoms with Crippen LogP contribution in [0.3, 0.4) is 0 Å². The summed E-state index contributed by atoms with van der Waals surface area (Å²) in [6.07, 6.45) is 5.77. The molecular formula is C11H18N4S2. The minimum atomic E-state index is 0.414. The standard InChI is InChI=1S/C11H18N4S2/c12-10(16)15(11-13-4-9-17-11)8-7-14-5-2-1-3-6-14/h4,9H,1-3,5-8H2,(H2,12,16). The first-order valence-electron chi connectivity index (χ1n) is 5.96. The van der Waals surface area contributed by atoms with E-state index in [9.17, 15) is 0 Å². The second-order valence-electron chi connectivity index (χ2n) is 4.21. The van der Waals surface area contributed by atoms with Gasteiger partial charge in [0, 0.05) is 24.7 Å². The molecule has 1 aromatic heterocycles. The monoisotopic (exact) mass is 270 g/mol. The van der Waals surface area contributed by atoms with Crippen LogP contribution in [-0.4, -0.2) is 41.2 Å². The predicted molar refractivity (Wildman–Crippen MR) is 76.5 cm³/mol. The third-order valence-electron chi connectivity index (χ3n) is 3.00. The van der Waals surface area contributed by atoms with E-state index in [4.69, 9.17) is 18.0 Å². The maximum Gasteiger partial charge on any atom is 0.191 e. The molecule has 0 saturated carbocycles. The molecule has 6 heteroatoms. The van der Waals surface area contributed by atoms with Gasteiger partial charge in [0.15, 0.2) is 10.2 Å². The second-order valence-corrected chi connectivity index (χ2v) is 5.50. The minimum absolute atomic E-state index is 0.414. The fraction of sp³-hybridized carbons (Fsp3) is 0.636. The number of likely N-dealkylation sites (tertiary alicyclic amines) is 1. The molecule has 17 heavy (non-hydrogen) atoms. The number of hydrogen-bond acceptors (Lipinski definition) is 4. The average Bonchev–Trinajstić information content (AvgIpc) is 2.84. The maximum absolute atomic E-state index is 5.75. The zero-order valence-electron chi connectivity index (χ0n) is 9.84. The minimum Gasteiger partial charge on any atom is -0.376 e. The fourth-order valence-corrected chi connectivity index (χ4v) is 2.99. The highest BCUT2D eigenvalue weighted by Crippen LogP contribution is 2.17. The summed E-state index contributed by atoms with van der Waals surface area (Å²) >= 11 is 6.66. The third kappa shape index (κ3) is 3.62. The van der Waals surface area contributed by atoms with E-state index in [-0.39, 0.29) is 0 Å². The number of thiocarbonyl (C=S) groups is 1. The lowest BCUT2D eigenvalue weighted by atomic mass is 10.1. The van der Waals surface area contributed by atoms with Crippen molar-refractivity contribution in [3.05, 3.63) is 11.6 Å². The number of aromatic nitrogens is 1. The van der Waals surface area contributed by atoms with Gasteiger partial charge in [-0.2, -0.15) is 0 Å². The van der Waals surface area contributed by atoms with Crippen molar-refractivity contribution in [1.29, 1.82) is 0 Å². The van der Waals surface area contributed by atoms with Gasteiger partial charge in [0.05, 0.1) is 0 Å². The number of rotatable bonds is 4. The van der Waals surface area contributed by atoms with Crippen molar-refractivity contribution in [2.24, 2.45) is 5.73 Å². The summed E-state index contributed by atoms with van der Waals surface area (Å²) in [5, 5.41) is 3.26. The smallest absolute Gasteiger partial charge is 0.191 e. The van der Waals surface area contributed by atoms with Gasteiger partial charge >= 0.3 is 0 Å². The van der Waals surface area contributed by atoms with Gasteiger partial charge in [-0.05, 0) is 38.1 Å². The van der Waals surface area contributed by atoms with Crippen LogP contribution in [0.1, 0.15) is 19.3 Å². The molecule has 4 nitrogen and oxygen atoms in total. The molecule has 2 N–H and O–H groups in total. The largest absolute Gasteiger partial charge is 0.376 e. The molecule has 0 aromatic carbocycles. The van der Waals surface area contributed by atoms with E-state index in [1.54, 1.807) is 17.5 Å². The highest BCUT2D eigenvalue weighted by Gasteiger charge is 2.15. The van der Waals surface area contributed by atoms with E-state index < -0.39 is 0 Å². The quantitative estimate of drug-likeness (QED) is 0.843. The molecule has 2 heterocycles. The van der Waals surface area contributed by atoms with Crippen molar-refractivity contribution >= 4 is 33.8 Å². The van der Waals surface area contributed by atoms with Gasteiger partial charge in [-0.15, -0.1) is 11.3 Å². The summed E-state index contributed by atoms with van der Waals surface area (Å²) in [4.78, 5) is 8.66. The Morgan fingerprint density at radius 1 is 1.47 bits per heavy atom. The predicted octanol–water partition coefficient (Wildman–Crippen LogP) is 1.68. The number of nitrogens with two attached hydrogens (primary N) is 1. The number of piperidine rings is 1. The van der Waals surface area contributed by atoms with Crippen LogP contribution in [0.4, 0.5) is 5.13 Å². The summed E-state index contributed by atoms with van der Waals surface area (Å²) < 4.78 is 0. The zero-order chi connectivity index (χ0) is 12.1. The van der Waals surface area contributed by atoms with Crippen LogP contribution in [0.2, 0.25) is 0 Å². The zero-order valence-corrected chi connectivity index (χ0v) is 11.5. The first-order valence-corrected chi connectivity index (χ1v) is 7.25. The Balaban J connectivity index is 1.88. The summed E-state index contributed by atoms with van der Waals surface area (Å²) in [5.74, 6) is 0. The lowest BCUT2D eigenvalue weighted by molar-refractivity contribution is 0.235. The fourth-order valence-electron chi connectivity index (χ4n) is 2.07. The number of anilines is 1. The van der Waals surface area contributed by atoms with E-state index in [0.717, 1.165) is 18.2 Å². The Hall–Kier alpha value is -0.720. The van der Waals surface area contributed by atoms with Crippen LogP contribution in [0.25, 0.3) is 0 Å². The summed E-state index contributed by atoms with van der Waals surface area (Å²) in [5.41, 5.74) is 5.75. The van der Waals surface area contributed by atoms with Crippen molar-refractivity contribution in [3.8, 4) is 0 Å². The maximum atomic E-state index is 5.75. The van der Waals surface area contributed by atoms with E-state index in [1.165, 1.54) is 32.4 Å². The van der Waals surface area contributed by atoms with Gasteiger partial charge in [0.25, 0.3) is 0 Å². The van der Waals surface area contributed by atoms with Crippen LogP contribution >= 0.6 is 23.6 Å². The van der Waals surface area contributed by atoms with Gasteiger partial charge < -0.3 is 10.6 Å². The van der Waals surface area contributed by atoms with Crippen molar-refractivity contribution < 1.29 is 0 Å². The van der Waals surface area contributed by atoms with Gasteiger partial charge in [0.2, 0.25) is 0 Å². The summed E-state index contributed by atoms with van der Waals surface area (Å²) in [7, 11) is 0. The number of thiazole rings is 1. The van der Waals surface area contributed by atoms with Gasteiger partial charge in [-0.1, -0.05) is 6.42 Å². The topological polar surface area (TPSA) is 45.4 Å². The summed E-state index contributed by atoms with van der Waals surface area (Å²) in [6.45, 7) is 4.24. The van der Waals surface area contributed by atoms with Crippen LogP contribution in [0.15, 0.2) is 11.6 Å². The van der Waals surface area contributed by atoms with Crippen LogP contribution < -0.4 is 10.6 Å². The van der Waals surface area contributed by atoms with Crippen molar-refractivity contribution in [2.45, 2.75) is 19.3 Å². The average molecular weight is 270 g/mol. The Morgan fingerprint density at radius 3 is 2.82 bits per heavy atom. The SMILES string of the molecule is NC(=S)N(CCN1CCCCC1)c1nccs1. The van der Waals surface area contributed by atoms with Crippen molar-refractivity contribution in [3.63, 3.8) is 0 Å². The third-order valence-corrected chi connectivity index (χ3v) is 4.02. The molecule has 0 radical (unpaired) electrons. The molecule has 94 valence electrons. The van der Waals surface area contributed by atoms with E-state index in [2.05, 4.69) is 9.88 Å². The normalized spacial score (nSPS) is 16.9. The molecule has 0 amide bonds. The number of nitrogens with zero attached hydrogens (tertiary/aromatic N) is 3. The molecule has 1 aliphatic rings. The summed E-state index contributed by atoms with van der Waals surface area (Å²) in [6, 6.07) is 0. The highest BCUT2D eigenvalue weighted by atomic mass is 32.1. The first-order chi connectivity index (χ1) is 8.27. The molecule has 0 aliphatic carbocycles. The van der Waals surface area contributed by atoms with Crippen molar-refractivity contribution in [1.82, 2.24) is 9.88 Å². The molecular weight excluding hydrogens is 252 g/mol. The molecule has 1 aliphatic heterocycles. The molecule has 1 aromatic rings. The van der Waals surface area contributed by atoms with Crippen LogP contribution in [0.5, 0.6) is 0 Å². The second kappa shape index (κ2) is 6.28. The Kier molecular flexibility index (Phi) is 4.70. The van der Waals surface area contributed by atoms with Gasteiger partial charge in [-0.25, -0.2) is 4.98 Å².